The molecule has 0 amide bonds. The van der Waals surface area contributed by atoms with E-state index in [1.165, 1.54) is 19.5 Å². The molecular weight excluding hydrogens is 396 g/mol. The summed E-state index contributed by atoms with van der Waals surface area (Å²) in [5, 5.41) is 9.30. The van der Waals surface area contributed by atoms with Gasteiger partial charge in [-0.1, -0.05) is 30.3 Å². The summed E-state index contributed by atoms with van der Waals surface area (Å²) in [6.45, 7) is 0. The Bertz CT molecular complexity index is 1250. The number of methoxy groups -OCH3 is 1. The molecule has 0 unspecified atom stereocenters. The molecule has 2 aromatic carbocycles. The first-order chi connectivity index (χ1) is 13.5. The molecule has 3 N–H and O–H groups in total. The summed E-state index contributed by atoms with van der Waals surface area (Å²) in [5.41, 5.74) is 1.62. The largest absolute Gasteiger partial charge is 0.495 e. The topological polar surface area (TPSA) is 107 Å². The number of nitrogens with zero attached hydrogens (tertiary/aromatic N) is 2. The number of nitrogens with two attached hydrogens (primary N) is 1. The summed E-state index contributed by atoms with van der Waals surface area (Å²) >= 11 is 1.56. The first kappa shape index (κ1) is 18.4. The van der Waals surface area contributed by atoms with Crippen molar-refractivity contribution in [2.45, 2.75) is 4.90 Å². The van der Waals surface area contributed by atoms with Gasteiger partial charge in [-0.15, -0.1) is 11.3 Å². The fourth-order valence-corrected chi connectivity index (χ4v) is 4.54. The van der Waals surface area contributed by atoms with Crippen molar-refractivity contribution in [1.82, 2.24) is 9.97 Å². The second kappa shape index (κ2) is 7.19. The molecule has 4 aromatic rings. The van der Waals surface area contributed by atoms with Gasteiger partial charge in [0.05, 0.1) is 12.5 Å². The molecule has 0 saturated carbocycles. The van der Waals surface area contributed by atoms with E-state index in [9.17, 15) is 8.42 Å². The Morgan fingerprint density at radius 2 is 1.86 bits per heavy atom. The number of primary sulfonamides is 1. The Kier molecular flexibility index (Phi) is 4.71. The van der Waals surface area contributed by atoms with Crippen LogP contribution in [0.5, 0.6) is 5.75 Å². The van der Waals surface area contributed by atoms with Crippen LogP contribution in [0.4, 0.5) is 11.5 Å². The van der Waals surface area contributed by atoms with E-state index in [1.54, 1.807) is 23.5 Å². The van der Waals surface area contributed by atoms with Crippen LogP contribution in [0.1, 0.15) is 0 Å². The number of rotatable bonds is 5. The summed E-state index contributed by atoms with van der Waals surface area (Å²) in [6.07, 6.45) is 1.47. The highest BCUT2D eigenvalue weighted by Gasteiger charge is 2.17. The minimum Gasteiger partial charge on any atom is -0.495 e. The molecule has 0 aliphatic carbocycles. The summed E-state index contributed by atoms with van der Waals surface area (Å²) in [7, 11) is -2.54. The average molecular weight is 412 g/mol. The molecule has 9 heteroatoms. The van der Waals surface area contributed by atoms with E-state index in [0.29, 0.717) is 11.5 Å². The number of benzene rings is 2. The molecule has 0 atom stereocenters. The van der Waals surface area contributed by atoms with E-state index in [-0.39, 0.29) is 10.6 Å². The molecule has 0 radical (unpaired) electrons. The van der Waals surface area contributed by atoms with Crippen LogP contribution in [-0.4, -0.2) is 25.5 Å². The lowest BCUT2D eigenvalue weighted by molar-refractivity contribution is 0.403. The third-order valence-electron chi connectivity index (χ3n) is 4.12. The maximum Gasteiger partial charge on any atom is 0.241 e. The highest BCUT2D eigenvalue weighted by atomic mass is 32.2. The smallest absolute Gasteiger partial charge is 0.241 e. The Morgan fingerprint density at radius 3 is 2.57 bits per heavy atom. The molecule has 0 saturated heterocycles. The molecule has 0 spiro atoms. The number of fused-ring (bicyclic) bond motifs is 1. The van der Waals surface area contributed by atoms with Gasteiger partial charge in [0.2, 0.25) is 10.0 Å². The predicted octanol–water partition coefficient (Wildman–Crippen LogP) is 3.76. The molecule has 0 fully saturated rings. The molecule has 0 bridgehead atoms. The first-order valence-electron chi connectivity index (χ1n) is 8.23. The van der Waals surface area contributed by atoms with E-state index in [4.69, 9.17) is 9.88 Å². The van der Waals surface area contributed by atoms with Gasteiger partial charge >= 0.3 is 0 Å². The average Bonchev–Trinajstić information content (AvgIpc) is 3.13. The molecule has 0 aliphatic heterocycles. The van der Waals surface area contributed by atoms with Gasteiger partial charge in [0.15, 0.2) is 0 Å². The summed E-state index contributed by atoms with van der Waals surface area (Å²) in [6, 6.07) is 16.7. The number of hydrogen-bond donors (Lipinski definition) is 2. The second-order valence-corrected chi connectivity index (χ2v) is 8.51. The van der Waals surface area contributed by atoms with Crippen molar-refractivity contribution in [3.8, 4) is 16.2 Å². The van der Waals surface area contributed by atoms with Crippen LogP contribution < -0.4 is 15.2 Å². The van der Waals surface area contributed by atoms with Crippen molar-refractivity contribution < 1.29 is 13.2 Å². The van der Waals surface area contributed by atoms with E-state index < -0.39 is 10.0 Å². The quantitative estimate of drug-likeness (QED) is 0.517. The van der Waals surface area contributed by atoms with E-state index in [1.807, 2.05) is 36.4 Å². The first-order valence-corrected chi connectivity index (χ1v) is 10.6. The number of hydrogen-bond acceptors (Lipinski definition) is 7. The Morgan fingerprint density at radius 1 is 1.07 bits per heavy atom. The Balaban J connectivity index is 1.76. The van der Waals surface area contributed by atoms with Crippen molar-refractivity contribution in [2.24, 2.45) is 5.14 Å². The van der Waals surface area contributed by atoms with Gasteiger partial charge in [-0.2, -0.15) is 0 Å². The minimum absolute atomic E-state index is 0.0967. The van der Waals surface area contributed by atoms with E-state index in [2.05, 4.69) is 15.3 Å². The van der Waals surface area contributed by atoms with Gasteiger partial charge in [-0.05, 0) is 29.8 Å². The van der Waals surface area contributed by atoms with Gasteiger partial charge in [0.25, 0.3) is 0 Å². The van der Waals surface area contributed by atoms with Crippen LogP contribution in [0, 0.1) is 0 Å². The lowest BCUT2D eigenvalue weighted by atomic mass is 10.2. The summed E-state index contributed by atoms with van der Waals surface area (Å²) in [4.78, 5) is 10.5. The number of thiophene rings is 1. The van der Waals surface area contributed by atoms with Gasteiger partial charge in [0, 0.05) is 10.6 Å². The molecule has 28 heavy (non-hydrogen) atoms. The molecule has 142 valence electrons. The fraction of sp³-hybridized carbons (Fsp3) is 0.0526. The zero-order chi connectivity index (χ0) is 19.7. The number of ether oxygens (including phenoxy) is 1. The zero-order valence-electron chi connectivity index (χ0n) is 14.8. The third-order valence-corrected chi connectivity index (χ3v) is 6.14. The second-order valence-electron chi connectivity index (χ2n) is 5.95. The molecular formula is C19H16N4O3S2. The van der Waals surface area contributed by atoms with Crippen LogP contribution in [0.25, 0.3) is 20.7 Å². The van der Waals surface area contributed by atoms with Gasteiger partial charge in [-0.25, -0.2) is 23.5 Å². The molecule has 2 heterocycles. The fourth-order valence-electron chi connectivity index (χ4n) is 2.81. The molecule has 7 nitrogen and oxygen atoms in total. The highest BCUT2D eigenvalue weighted by Crippen LogP contribution is 2.36. The SMILES string of the molecule is COc1ccc(Nc2ncnc3sc(-c4ccccc4)cc23)cc1S(N)(=O)=O. The van der Waals surface area contributed by atoms with Crippen LogP contribution in [0.2, 0.25) is 0 Å². The molecule has 0 aliphatic rings. The van der Waals surface area contributed by atoms with Crippen LogP contribution in [0.15, 0.2) is 65.8 Å². The van der Waals surface area contributed by atoms with E-state index in [0.717, 1.165) is 20.7 Å². The lowest BCUT2D eigenvalue weighted by Crippen LogP contribution is -2.13. The number of anilines is 2. The van der Waals surface area contributed by atoms with Crippen molar-refractivity contribution >= 4 is 43.1 Å². The van der Waals surface area contributed by atoms with E-state index >= 15 is 0 Å². The Labute approximate surface area is 165 Å². The monoisotopic (exact) mass is 412 g/mol. The zero-order valence-corrected chi connectivity index (χ0v) is 16.4. The highest BCUT2D eigenvalue weighted by molar-refractivity contribution is 7.89. The maximum absolute atomic E-state index is 11.8. The number of aromatic nitrogens is 2. The summed E-state index contributed by atoms with van der Waals surface area (Å²) < 4.78 is 28.8. The third kappa shape index (κ3) is 3.55. The van der Waals surface area contributed by atoms with Crippen LogP contribution >= 0.6 is 11.3 Å². The van der Waals surface area contributed by atoms with Crippen LogP contribution in [-0.2, 0) is 10.0 Å². The van der Waals surface area contributed by atoms with Crippen molar-refractivity contribution in [3.63, 3.8) is 0 Å². The summed E-state index contributed by atoms with van der Waals surface area (Å²) in [5.74, 6) is 0.761. The molecule has 4 rings (SSSR count). The Hall–Kier alpha value is -3.01. The van der Waals surface area contributed by atoms with Crippen molar-refractivity contribution in [3.05, 3.63) is 60.9 Å². The van der Waals surface area contributed by atoms with Gasteiger partial charge in [0.1, 0.15) is 27.6 Å². The van der Waals surface area contributed by atoms with Gasteiger partial charge in [-0.3, -0.25) is 0 Å². The number of nitrogens with one attached hydrogen (secondary N) is 1. The van der Waals surface area contributed by atoms with Gasteiger partial charge < -0.3 is 10.1 Å². The predicted molar refractivity (Wildman–Crippen MR) is 111 cm³/mol. The van der Waals surface area contributed by atoms with Crippen molar-refractivity contribution in [1.29, 1.82) is 0 Å². The standard InChI is InChI=1S/C19H16N4O3S2/c1-26-15-8-7-13(9-17(15)28(20,24)25)23-18-14-10-16(12-5-3-2-4-6-12)27-19(14)22-11-21-18/h2-11H,1H3,(H2,20,24,25)(H,21,22,23). The van der Waals surface area contributed by atoms with Crippen LogP contribution in [0.3, 0.4) is 0 Å². The maximum atomic E-state index is 11.8. The minimum atomic E-state index is -3.93. The number of sulfonamides is 1. The lowest BCUT2D eigenvalue weighted by Gasteiger charge is -2.11. The molecule has 2 aromatic heterocycles. The van der Waals surface area contributed by atoms with Crippen molar-refractivity contribution in [2.75, 3.05) is 12.4 Å². The normalized spacial score (nSPS) is 11.5.